The molecule has 0 fully saturated rings. The number of aromatic nitrogens is 2. The van der Waals surface area contributed by atoms with Gasteiger partial charge in [0.2, 0.25) is 5.91 Å². The zero-order valence-electron chi connectivity index (χ0n) is 11.7. The van der Waals surface area contributed by atoms with Crippen molar-refractivity contribution in [1.82, 2.24) is 14.9 Å². The number of imidazole rings is 1. The SMILES string of the molecule is NCCCCC(=O)NCCCn1cnc2ccccc21. The summed E-state index contributed by atoms with van der Waals surface area (Å²) in [6.45, 7) is 2.22. The molecule has 5 nitrogen and oxygen atoms in total. The van der Waals surface area contributed by atoms with Crippen molar-refractivity contribution in [1.29, 1.82) is 0 Å². The summed E-state index contributed by atoms with van der Waals surface area (Å²) >= 11 is 0. The Labute approximate surface area is 119 Å². The summed E-state index contributed by atoms with van der Waals surface area (Å²) in [5.41, 5.74) is 7.55. The Balaban J connectivity index is 1.70. The molecular weight excluding hydrogens is 252 g/mol. The van der Waals surface area contributed by atoms with E-state index in [2.05, 4.69) is 20.9 Å². The number of hydrogen-bond acceptors (Lipinski definition) is 3. The first-order valence-corrected chi connectivity index (χ1v) is 7.18. The molecule has 1 aromatic carbocycles. The van der Waals surface area contributed by atoms with Gasteiger partial charge in [0.1, 0.15) is 0 Å². The number of carbonyl (C=O) groups excluding carboxylic acids is 1. The van der Waals surface area contributed by atoms with Crippen LogP contribution in [0.4, 0.5) is 0 Å². The van der Waals surface area contributed by atoms with Gasteiger partial charge in [-0.25, -0.2) is 4.98 Å². The van der Waals surface area contributed by atoms with Crippen LogP contribution >= 0.6 is 0 Å². The van der Waals surface area contributed by atoms with Crippen LogP contribution in [-0.2, 0) is 11.3 Å². The summed E-state index contributed by atoms with van der Waals surface area (Å²) in [6, 6.07) is 8.07. The summed E-state index contributed by atoms with van der Waals surface area (Å²) in [5.74, 6) is 0.119. The molecule has 3 N–H and O–H groups in total. The monoisotopic (exact) mass is 274 g/mol. The van der Waals surface area contributed by atoms with E-state index in [1.807, 2.05) is 24.5 Å². The van der Waals surface area contributed by atoms with Gasteiger partial charge in [-0.3, -0.25) is 4.79 Å². The number of carbonyl (C=O) groups is 1. The Kier molecular flexibility index (Phi) is 5.55. The van der Waals surface area contributed by atoms with E-state index in [-0.39, 0.29) is 5.91 Å². The lowest BCUT2D eigenvalue weighted by Crippen LogP contribution is -2.25. The highest BCUT2D eigenvalue weighted by molar-refractivity contribution is 5.76. The lowest BCUT2D eigenvalue weighted by molar-refractivity contribution is -0.121. The summed E-state index contributed by atoms with van der Waals surface area (Å²) < 4.78 is 2.12. The topological polar surface area (TPSA) is 72.9 Å². The lowest BCUT2D eigenvalue weighted by atomic mass is 10.2. The van der Waals surface area contributed by atoms with Crippen molar-refractivity contribution in [3.63, 3.8) is 0 Å². The quantitative estimate of drug-likeness (QED) is 0.719. The molecule has 0 saturated carbocycles. The Morgan fingerprint density at radius 1 is 1.25 bits per heavy atom. The molecule has 20 heavy (non-hydrogen) atoms. The molecule has 0 aliphatic heterocycles. The third-order valence-electron chi connectivity index (χ3n) is 3.28. The summed E-state index contributed by atoms with van der Waals surface area (Å²) in [6.07, 6.45) is 5.12. The van der Waals surface area contributed by atoms with Crippen LogP contribution in [0.1, 0.15) is 25.7 Å². The maximum atomic E-state index is 11.5. The van der Waals surface area contributed by atoms with Crippen molar-refractivity contribution < 1.29 is 4.79 Å². The zero-order valence-corrected chi connectivity index (χ0v) is 11.7. The van der Waals surface area contributed by atoms with Crippen molar-refractivity contribution in [3.05, 3.63) is 30.6 Å². The highest BCUT2D eigenvalue weighted by Gasteiger charge is 2.02. The first kappa shape index (κ1) is 14.5. The summed E-state index contributed by atoms with van der Waals surface area (Å²) in [7, 11) is 0. The third kappa shape index (κ3) is 4.06. The first-order valence-electron chi connectivity index (χ1n) is 7.18. The standard InChI is InChI=1S/C15H22N4O/c16-9-4-3-8-15(20)17-10-5-11-19-12-18-13-6-1-2-7-14(13)19/h1-2,6-7,12H,3-5,8-11,16H2,(H,17,20). The largest absolute Gasteiger partial charge is 0.356 e. The number of unbranched alkanes of at least 4 members (excludes halogenated alkanes) is 1. The minimum absolute atomic E-state index is 0.119. The molecule has 1 heterocycles. The van der Waals surface area contributed by atoms with Gasteiger partial charge < -0.3 is 15.6 Å². The molecule has 1 amide bonds. The number of nitrogens with two attached hydrogens (primary N) is 1. The van der Waals surface area contributed by atoms with E-state index in [1.165, 1.54) is 0 Å². The second-order valence-electron chi connectivity index (χ2n) is 4.88. The zero-order chi connectivity index (χ0) is 14.2. The van der Waals surface area contributed by atoms with Gasteiger partial charge in [-0.05, 0) is 37.9 Å². The molecule has 2 rings (SSSR count). The van der Waals surface area contributed by atoms with Crippen molar-refractivity contribution in [2.24, 2.45) is 5.73 Å². The number of fused-ring (bicyclic) bond motifs is 1. The second kappa shape index (κ2) is 7.65. The lowest BCUT2D eigenvalue weighted by Gasteiger charge is -2.06. The Bertz CT molecular complexity index is 550. The van der Waals surface area contributed by atoms with Crippen LogP contribution in [0, 0.1) is 0 Å². The van der Waals surface area contributed by atoms with E-state index in [0.717, 1.165) is 36.8 Å². The molecular formula is C15H22N4O. The predicted octanol–water partition coefficient (Wildman–Crippen LogP) is 1.67. The molecule has 108 valence electrons. The molecule has 5 heteroatoms. The number of aryl methyl sites for hydroxylation is 1. The average Bonchev–Trinajstić information content (AvgIpc) is 2.87. The van der Waals surface area contributed by atoms with E-state index in [0.29, 0.717) is 19.5 Å². The van der Waals surface area contributed by atoms with Gasteiger partial charge >= 0.3 is 0 Å². The normalized spacial score (nSPS) is 10.8. The smallest absolute Gasteiger partial charge is 0.219 e. The molecule has 0 unspecified atom stereocenters. The van der Waals surface area contributed by atoms with Gasteiger partial charge in [-0.15, -0.1) is 0 Å². The van der Waals surface area contributed by atoms with Gasteiger partial charge in [-0.1, -0.05) is 12.1 Å². The number of benzene rings is 1. The van der Waals surface area contributed by atoms with Crippen molar-refractivity contribution >= 4 is 16.9 Å². The molecule has 0 aliphatic rings. The molecule has 0 atom stereocenters. The second-order valence-corrected chi connectivity index (χ2v) is 4.88. The van der Waals surface area contributed by atoms with E-state index in [1.54, 1.807) is 0 Å². The van der Waals surface area contributed by atoms with E-state index in [9.17, 15) is 4.79 Å². The number of nitrogens with one attached hydrogen (secondary N) is 1. The third-order valence-corrected chi connectivity index (χ3v) is 3.28. The number of amides is 1. The number of para-hydroxylation sites is 2. The highest BCUT2D eigenvalue weighted by atomic mass is 16.1. The molecule has 0 spiro atoms. The van der Waals surface area contributed by atoms with Crippen molar-refractivity contribution in [3.8, 4) is 0 Å². The van der Waals surface area contributed by atoms with Crippen LogP contribution in [0.25, 0.3) is 11.0 Å². The molecule has 0 bridgehead atoms. The van der Waals surface area contributed by atoms with Gasteiger partial charge in [-0.2, -0.15) is 0 Å². The van der Waals surface area contributed by atoms with Crippen molar-refractivity contribution in [2.45, 2.75) is 32.2 Å². The van der Waals surface area contributed by atoms with Crippen LogP contribution in [0.5, 0.6) is 0 Å². The van der Waals surface area contributed by atoms with Gasteiger partial charge in [0.05, 0.1) is 17.4 Å². The predicted molar refractivity (Wildman–Crippen MR) is 80.3 cm³/mol. The number of nitrogens with zero attached hydrogens (tertiary/aromatic N) is 2. The average molecular weight is 274 g/mol. The molecule has 0 saturated heterocycles. The fourth-order valence-corrected chi connectivity index (χ4v) is 2.18. The molecule has 2 aromatic rings. The minimum atomic E-state index is 0.119. The fraction of sp³-hybridized carbons (Fsp3) is 0.467. The Morgan fingerprint density at radius 2 is 2.10 bits per heavy atom. The van der Waals surface area contributed by atoms with Crippen LogP contribution in [0.3, 0.4) is 0 Å². The maximum absolute atomic E-state index is 11.5. The van der Waals surface area contributed by atoms with E-state index < -0.39 is 0 Å². The van der Waals surface area contributed by atoms with Gasteiger partial charge in [0.15, 0.2) is 0 Å². The first-order chi connectivity index (χ1) is 9.81. The fourth-order valence-electron chi connectivity index (χ4n) is 2.18. The Hall–Kier alpha value is -1.88. The number of rotatable bonds is 8. The van der Waals surface area contributed by atoms with Crippen molar-refractivity contribution in [2.75, 3.05) is 13.1 Å². The van der Waals surface area contributed by atoms with Crippen LogP contribution < -0.4 is 11.1 Å². The molecule has 1 aromatic heterocycles. The Morgan fingerprint density at radius 3 is 2.95 bits per heavy atom. The van der Waals surface area contributed by atoms with Crippen LogP contribution in [0.15, 0.2) is 30.6 Å². The van der Waals surface area contributed by atoms with E-state index >= 15 is 0 Å². The summed E-state index contributed by atoms with van der Waals surface area (Å²) in [5, 5.41) is 2.94. The van der Waals surface area contributed by atoms with Gasteiger partial charge in [0, 0.05) is 19.5 Å². The number of hydrogen-bond donors (Lipinski definition) is 2. The van der Waals surface area contributed by atoms with Crippen LogP contribution in [-0.4, -0.2) is 28.5 Å². The molecule has 0 radical (unpaired) electrons. The van der Waals surface area contributed by atoms with E-state index in [4.69, 9.17) is 5.73 Å². The molecule has 0 aliphatic carbocycles. The highest BCUT2D eigenvalue weighted by Crippen LogP contribution is 2.11. The van der Waals surface area contributed by atoms with Crippen LogP contribution in [0.2, 0.25) is 0 Å². The minimum Gasteiger partial charge on any atom is -0.356 e. The summed E-state index contributed by atoms with van der Waals surface area (Å²) in [4.78, 5) is 15.9. The van der Waals surface area contributed by atoms with Gasteiger partial charge in [0.25, 0.3) is 0 Å². The maximum Gasteiger partial charge on any atom is 0.219 e.